The lowest BCUT2D eigenvalue weighted by molar-refractivity contribution is -0.121. The van der Waals surface area contributed by atoms with Crippen LogP contribution in [0.5, 0.6) is 5.88 Å². The van der Waals surface area contributed by atoms with Gasteiger partial charge < -0.3 is 9.64 Å². The average Bonchev–Trinajstić information content (AvgIpc) is 3.54. The van der Waals surface area contributed by atoms with Gasteiger partial charge in [0, 0.05) is 37.3 Å². The molecule has 1 fully saturated rings. The number of rotatable bonds is 7. The van der Waals surface area contributed by atoms with Gasteiger partial charge in [0.15, 0.2) is 0 Å². The minimum atomic E-state index is -4.09. The number of hydrogen-bond acceptors (Lipinski definition) is 7. The van der Waals surface area contributed by atoms with Crippen molar-refractivity contribution in [3.05, 3.63) is 54.2 Å². The summed E-state index contributed by atoms with van der Waals surface area (Å²) in [5, 5.41) is 0.464. The molecule has 1 aliphatic rings. The molecular formula is C23H26N4O4S. The molecular weight excluding hydrogens is 428 g/mol. The quantitative estimate of drug-likeness (QED) is 0.585. The van der Waals surface area contributed by atoms with E-state index in [1.165, 1.54) is 6.07 Å². The van der Waals surface area contributed by atoms with Crippen LogP contribution in [0.15, 0.2) is 53.6 Å². The van der Waals surface area contributed by atoms with Gasteiger partial charge in [0.25, 0.3) is 10.0 Å². The van der Waals surface area contributed by atoms with Crippen molar-refractivity contribution in [3.8, 4) is 5.88 Å². The Kier molecular flexibility index (Phi) is 5.54. The van der Waals surface area contributed by atoms with E-state index in [0.717, 1.165) is 0 Å². The number of ether oxygens (including phenoxy) is 1. The Balaban J connectivity index is 1.68. The summed E-state index contributed by atoms with van der Waals surface area (Å²) < 4.78 is 34.3. The molecule has 0 radical (unpaired) electrons. The summed E-state index contributed by atoms with van der Waals surface area (Å²) in [6.07, 6.45) is 2.64. The number of sulfonamides is 1. The molecule has 0 aliphatic heterocycles. The summed E-state index contributed by atoms with van der Waals surface area (Å²) in [5.74, 6) is 0.489. The van der Waals surface area contributed by atoms with Crippen molar-refractivity contribution in [3.63, 3.8) is 0 Å². The first-order valence-electron chi connectivity index (χ1n) is 10.4. The number of benzene rings is 1. The van der Waals surface area contributed by atoms with Crippen LogP contribution in [-0.4, -0.2) is 44.5 Å². The first kappa shape index (κ1) is 22.0. The number of nitrogens with zero attached hydrogens (tertiary/aromatic N) is 3. The van der Waals surface area contributed by atoms with Gasteiger partial charge in [0.1, 0.15) is 5.82 Å². The van der Waals surface area contributed by atoms with E-state index in [4.69, 9.17) is 4.74 Å². The average molecular weight is 455 g/mol. The Morgan fingerprint density at radius 3 is 2.53 bits per heavy atom. The van der Waals surface area contributed by atoms with Crippen LogP contribution in [0, 0.1) is 0 Å². The molecule has 0 atom stereocenters. The van der Waals surface area contributed by atoms with Crippen LogP contribution in [-0.2, 0) is 20.2 Å². The monoisotopic (exact) mass is 454 g/mol. The molecule has 32 heavy (non-hydrogen) atoms. The van der Waals surface area contributed by atoms with E-state index in [2.05, 4.69) is 14.7 Å². The van der Waals surface area contributed by atoms with Crippen molar-refractivity contribution < 1.29 is 17.9 Å². The van der Waals surface area contributed by atoms with Crippen LogP contribution in [0.4, 0.5) is 5.82 Å². The maximum Gasteiger partial charge on any atom is 0.264 e. The van der Waals surface area contributed by atoms with E-state index in [1.54, 1.807) is 47.5 Å². The van der Waals surface area contributed by atoms with Crippen LogP contribution in [0.3, 0.4) is 0 Å². The molecule has 1 aromatic carbocycles. The summed E-state index contributed by atoms with van der Waals surface area (Å²) in [6, 6.07) is 11.7. The predicted molar refractivity (Wildman–Crippen MR) is 122 cm³/mol. The number of pyridine rings is 2. The topological polar surface area (TPSA) is 101 Å². The Morgan fingerprint density at radius 2 is 1.88 bits per heavy atom. The van der Waals surface area contributed by atoms with Crippen molar-refractivity contribution >= 4 is 32.7 Å². The van der Waals surface area contributed by atoms with Crippen molar-refractivity contribution in [1.29, 1.82) is 0 Å². The van der Waals surface area contributed by atoms with E-state index in [-0.39, 0.29) is 11.0 Å². The number of amides is 1. The van der Waals surface area contributed by atoms with Gasteiger partial charge in [-0.05, 0) is 57.0 Å². The zero-order valence-corrected chi connectivity index (χ0v) is 19.3. The Labute approximate surface area is 187 Å². The molecule has 1 saturated carbocycles. The SMILES string of the molecule is CC(C)Oc1ccc(C2(C(=O)NS(=O)(=O)c3cccc4ncccc34)CC2)c(N(C)C)n1. The van der Waals surface area contributed by atoms with Gasteiger partial charge in [-0.2, -0.15) is 4.98 Å². The van der Waals surface area contributed by atoms with Gasteiger partial charge in [-0.1, -0.05) is 6.07 Å². The molecule has 1 amide bonds. The van der Waals surface area contributed by atoms with Crippen molar-refractivity contribution in [2.75, 3.05) is 19.0 Å². The number of anilines is 1. The molecule has 0 saturated heterocycles. The van der Waals surface area contributed by atoms with E-state index < -0.39 is 21.3 Å². The van der Waals surface area contributed by atoms with Gasteiger partial charge in [-0.3, -0.25) is 9.78 Å². The summed E-state index contributed by atoms with van der Waals surface area (Å²) in [7, 11) is -0.428. The fourth-order valence-corrected chi connectivity index (χ4v) is 5.05. The summed E-state index contributed by atoms with van der Waals surface area (Å²) in [4.78, 5) is 23.9. The van der Waals surface area contributed by atoms with Crippen molar-refractivity contribution in [1.82, 2.24) is 14.7 Å². The second kappa shape index (κ2) is 8.05. The molecule has 2 heterocycles. The number of aromatic nitrogens is 2. The number of fused-ring (bicyclic) bond motifs is 1. The number of hydrogen-bond donors (Lipinski definition) is 1. The largest absolute Gasteiger partial charge is 0.475 e. The van der Waals surface area contributed by atoms with E-state index in [0.29, 0.717) is 41.0 Å². The molecule has 0 bridgehead atoms. The van der Waals surface area contributed by atoms with Crippen LogP contribution >= 0.6 is 0 Å². The van der Waals surface area contributed by atoms with Gasteiger partial charge in [0.05, 0.1) is 21.9 Å². The maximum absolute atomic E-state index is 13.3. The highest BCUT2D eigenvalue weighted by Crippen LogP contribution is 2.51. The lowest BCUT2D eigenvalue weighted by Gasteiger charge is -2.23. The molecule has 0 spiro atoms. The predicted octanol–water partition coefficient (Wildman–Crippen LogP) is 3.02. The lowest BCUT2D eigenvalue weighted by Crippen LogP contribution is -2.39. The minimum absolute atomic E-state index is 0.0267. The Hall–Kier alpha value is -3.20. The fourth-order valence-electron chi connectivity index (χ4n) is 3.78. The maximum atomic E-state index is 13.3. The van der Waals surface area contributed by atoms with Crippen LogP contribution in [0.2, 0.25) is 0 Å². The van der Waals surface area contributed by atoms with Crippen LogP contribution in [0.25, 0.3) is 10.9 Å². The highest BCUT2D eigenvalue weighted by atomic mass is 32.2. The lowest BCUT2D eigenvalue weighted by atomic mass is 9.95. The van der Waals surface area contributed by atoms with E-state index in [9.17, 15) is 13.2 Å². The molecule has 0 unspecified atom stereocenters. The second-order valence-corrected chi connectivity index (χ2v) is 10.1. The van der Waals surface area contributed by atoms with E-state index >= 15 is 0 Å². The zero-order chi connectivity index (χ0) is 23.1. The van der Waals surface area contributed by atoms with Crippen LogP contribution < -0.4 is 14.4 Å². The minimum Gasteiger partial charge on any atom is -0.475 e. The number of carbonyl (C=O) groups excluding carboxylic acids is 1. The molecule has 3 aromatic rings. The first-order valence-corrected chi connectivity index (χ1v) is 11.9. The molecule has 1 aliphatic carbocycles. The zero-order valence-electron chi connectivity index (χ0n) is 18.5. The Morgan fingerprint density at radius 1 is 1.12 bits per heavy atom. The third kappa shape index (κ3) is 4.00. The van der Waals surface area contributed by atoms with Gasteiger partial charge in [-0.25, -0.2) is 13.1 Å². The number of nitrogens with one attached hydrogen (secondary N) is 1. The molecule has 2 aromatic heterocycles. The molecule has 168 valence electrons. The highest BCUT2D eigenvalue weighted by molar-refractivity contribution is 7.90. The smallest absolute Gasteiger partial charge is 0.264 e. The number of carbonyl (C=O) groups is 1. The van der Waals surface area contributed by atoms with Crippen molar-refractivity contribution in [2.45, 2.75) is 43.1 Å². The highest BCUT2D eigenvalue weighted by Gasteiger charge is 2.54. The van der Waals surface area contributed by atoms with Gasteiger partial charge in [-0.15, -0.1) is 0 Å². The third-order valence-corrected chi connectivity index (χ3v) is 6.84. The van der Waals surface area contributed by atoms with Gasteiger partial charge in [0.2, 0.25) is 11.8 Å². The van der Waals surface area contributed by atoms with Crippen molar-refractivity contribution in [2.24, 2.45) is 0 Å². The molecule has 8 nitrogen and oxygen atoms in total. The summed E-state index contributed by atoms with van der Waals surface area (Å²) >= 11 is 0. The normalized spacial score (nSPS) is 14.9. The first-order chi connectivity index (χ1) is 15.1. The molecule has 1 N–H and O–H groups in total. The summed E-state index contributed by atoms with van der Waals surface area (Å²) in [6.45, 7) is 3.82. The molecule has 4 rings (SSSR count). The molecule has 9 heteroatoms. The van der Waals surface area contributed by atoms with E-state index in [1.807, 2.05) is 27.9 Å². The standard InChI is InChI=1S/C23H26N4O4S/c1-15(2)31-20-11-10-17(21(25-20)27(3)4)23(12-13-23)22(28)26-32(29,30)19-9-5-8-18-16(19)7-6-14-24-18/h5-11,14-15H,12-13H2,1-4H3,(H,26,28). The Bertz CT molecular complexity index is 1280. The summed E-state index contributed by atoms with van der Waals surface area (Å²) in [5.41, 5.74) is 0.286. The van der Waals surface area contributed by atoms with Crippen LogP contribution in [0.1, 0.15) is 32.3 Å². The third-order valence-electron chi connectivity index (χ3n) is 5.45. The second-order valence-electron chi connectivity index (χ2n) is 8.42. The fraction of sp³-hybridized carbons (Fsp3) is 0.348. The van der Waals surface area contributed by atoms with Gasteiger partial charge >= 0.3 is 0 Å².